The zero-order valence-electron chi connectivity index (χ0n) is 13.6. The van der Waals surface area contributed by atoms with E-state index in [2.05, 4.69) is 17.3 Å². The molecule has 1 aliphatic heterocycles. The maximum atomic E-state index is 12.5. The summed E-state index contributed by atoms with van der Waals surface area (Å²) in [6.07, 6.45) is 3.01. The summed E-state index contributed by atoms with van der Waals surface area (Å²) in [6.45, 7) is 5.34. The molecule has 0 spiro atoms. The molecule has 0 saturated carbocycles. The smallest absolute Gasteiger partial charge is 0.255 e. The van der Waals surface area contributed by atoms with Crippen molar-refractivity contribution in [2.75, 3.05) is 19.8 Å². The molecule has 0 radical (unpaired) electrons. The van der Waals surface area contributed by atoms with Crippen molar-refractivity contribution in [1.29, 1.82) is 0 Å². The van der Waals surface area contributed by atoms with E-state index in [1.807, 2.05) is 0 Å². The number of rotatable bonds is 7. The van der Waals surface area contributed by atoms with Gasteiger partial charge in [0.25, 0.3) is 5.91 Å². The van der Waals surface area contributed by atoms with Crippen LogP contribution in [0.1, 0.15) is 35.8 Å². The molecular formula is C15H24N4O4. The molecule has 23 heavy (non-hydrogen) atoms. The summed E-state index contributed by atoms with van der Waals surface area (Å²) in [6, 6.07) is -0.315. The number of ether oxygens (including phenoxy) is 2. The summed E-state index contributed by atoms with van der Waals surface area (Å²) in [5.74, 6) is -0.744. The van der Waals surface area contributed by atoms with Gasteiger partial charge in [-0.1, -0.05) is 6.92 Å². The fraction of sp³-hybridized carbons (Fsp3) is 0.667. The van der Waals surface area contributed by atoms with Crippen LogP contribution in [0, 0.1) is 6.92 Å². The summed E-state index contributed by atoms with van der Waals surface area (Å²) < 4.78 is 12.6. The van der Waals surface area contributed by atoms with Gasteiger partial charge in [-0.3, -0.25) is 14.3 Å². The molecule has 128 valence electrons. The highest BCUT2D eigenvalue weighted by Gasteiger charge is 2.29. The summed E-state index contributed by atoms with van der Waals surface area (Å²) in [4.78, 5) is 23.3. The van der Waals surface area contributed by atoms with E-state index in [1.165, 1.54) is 0 Å². The third-order valence-corrected chi connectivity index (χ3v) is 3.69. The normalized spacial score (nSPS) is 21.1. The number of aryl methyl sites for hydroxylation is 2. The SMILES string of the molecule is CCCn1cc(C(=O)N[C@@H]2COCC[C@@H]2OCC(N)=O)c(C)n1. The van der Waals surface area contributed by atoms with Crippen LogP contribution >= 0.6 is 0 Å². The van der Waals surface area contributed by atoms with Crippen molar-refractivity contribution in [3.05, 3.63) is 17.5 Å². The van der Waals surface area contributed by atoms with Gasteiger partial charge in [0.1, 0.15) is 6.61 Å². The van der Waals surface area contributed by atoms with Crippen LogP contribution in [0.15, 0.2) is 6.20 Å². The Balaban J connectivity index is 2.00. The van der Waals surface area contributed by atoms with Gasteiger partial charge in [-0.2, -0.15) is 5.10 Å². The summed E-state index contributed by atoms with van der Waals surface area (Å²) in [5.41, 5.74) is 6.33. The predicted octanol–water partition coefficient (Wildman–Crippen LogP) is -0.00928. The van der Waals surface area contributed by atoms with Gasteiger partial charge in [0.05, 0.1) is 30.0 Å². The predicted molar refractivity (Wildman–Crippen MR) is 82.9 cm³/mol. The molecule has 1 aromatic rings. The van der Waals surface area contributed by atoms with Gasteiger partial charge in [0, 0.05) is 19.3 Å². The fourth-order valence-electron chi connectivity index (χ4n) is 2.57. The standard InChI is InChI=1S/C15H24N4O4/c1-3-5-19-7-11(10(2)18-19)15(21)17-12-8-22-6-4-13(12)23-9-14(16)20/h7,12-13H,3-6,8-9H2,1-2H3,(H2,16,20)(H,17,21)/t12-,13+/m1/s1. The van der Waals surface area contributed by atoms with E-state index >= 15 is 0 Å². The molecule has 2 amide bonds. The first-order chi connectivity index (χ1) is 11.0. The number of hydrogen-bond acceptors (Lipinski definition) is 5. The van der Waals surface area contributed by atoms with Crippen molar-refractivity contribution in [2.45, 2.75) is 45.4 Å². The van der Waals surface area contributed by atoms with Gasteiger partial charge in [-0.15, -0.1) is 0 Å². The second kappa shape index (κ2) is 8.07. The number of nitrogens with zero attached hydrogens (tertiary/aromatic N) is 2. The Morgan fingerprint density at radius 2 is 2.35 bits per heavy atom. The highest BCUT2D eigenvalue weighted by atomic mass is 16.5. The van der Waals surface area contributed by atoms with Gasteiger partial charge in [-0.05, 0) is 19.8 Å². The average Bonchev–Trinajstić information content (AvgIpc) is 2.87. The van der Waals surface area contributed by atoms with E-state index in [1.54, 1.807) is 17.8 Å². The summed E-state index contributed by atoms with van der Waals surface area (Å²) in [5, 5.41) is 7.24. The maximum absolute atomic E-state index is 12.5. The second-order valence-corrected chi connectivity index (χ2v) is 5.65. The van der Waals surface area contributed by atoms with Crippen LogP contribution in [0.2, 0.25) is 0 Å². The molecule has 2 atom stereocenters. The first-order valence-electron chi connectivity index (χ1n) is 7.83. The second-order valence-electron chi connectivity index (χ2n) is 5.65. The van der Waals surface area contributed by atoms with E-state index in [4.69, 9.17) is 15.2 Å². The van der Waals surface area contributed by atoms with Crippen molar-refractivity contribution in [3.8, 4) is 0 Å². The van der Waals surface area contributed by atoms with E-state index in [-0.39, 0.29) is 24.7 Å². The monoisotopic (exact) mass is 324 g/mol. The third-order valence-electron chi connectivity index (χ3n) is 3.69. The minimum absolute atomic E-state index is 0.162. The first kappa shape index (κ1) is 17.4. The molecule has 3 N–H and O–H groups in total. The van der Waals surface area contributed by atoms with E-state index < -0.39 is 5.91 Å². The average molecular weight is 324 g/mol. The molecule has 8 nitrogen and oxygen atoms in total. The van der Waals surface area contributed by atoms with Crippen molar-refractivity contribution >= 4 is 11.8 Å². The van der Waals surface area contributed by atoms with Crippen LogP contribution in [0.3, 0.4) is 0 Å². The number of hydrogen-bond donors (Lipinski definition) is 2. The van der Waals surface area contributed by atoms with E-state index in [9.17, 15) is 9.59 Å². The summed E-state index contributed by atoms with van der Waals surface area (Å²) >= 11 is 0. The third kappa shape index (κ3) is 4.77. The van der Waals surface area contributed by atoms with Crippen molar-refractivity contribution < 1.29 is 19.1 Å². The Morgan fingerprint density at radius 1 is 1.57 bits per heavy atom. The fourth-order valence-corrected chi connectivity index (χ4v) is 2.57. The van der Waals surface area contributed by atoms with Crippen LogP contribution < -0.4 is 11.1 Å². The molecule has 1 fully saturated rings. The Labute approximate surface area is 135 Å². The molecule has 2 heterocycles. The number of nitrogens with one attached hydrogen (secondary N) is 1. The zero-order chi connectivity index (χ0) is 16.8. The minimum Gasteiger partial charge on any atom is -0.379 e. The lowest BCUT2D eigenvalue weighted by molar-refractivity contribution is -0.128. The van der Waals surface area contributed by atoms with Crippen LogP contribution in [0.5, 0.6) is 0 Å². The molecule has 1 aromatic heterocycles. The van der Waals surface area contributed by atoms with E-state index in [0.717, 1.165) is 13.0 Å². The lowest BCUT2D eigenvalue weighted by Crippen LogP contribution is -2.51. The number of primary amides is 1. The molecule has 1 aliphatic rings. The Kier molecular flexibility index (Phi) is 6.12. The van der Waals surface area contributed by atoms with Crippen LogP contribution in [-0.4, -0.2) is 53.6 Å². The van der Waals surface area contributed by atoms with Gasteiger partial charge in [0.2, 0.25) is 5.91 Å². The molecule has 2 rings (SSSR count). The highest BCUT2D eigenvalue weighted by Crippen LogP contribution is 2.14. The summed E-state index contributed by atoms with van der Waals surface area (Å²) in [7, 11) is 0. The molecule has 0 unspecified atom stereocenters. The van der Waals surface area contributed by atoms with Crippen molar-refractivity contribution in [3.63, 3.8) is 0 Å². The number of carbonyl (C=O) groups is 2. The van der Waals surface area contributed by atoms with Crippen molar-refractivity contribution in [2.24, 2.45) is 5.73 Å². The number of amides is 2. The Morgan fingerprint density at radius 3 is 3.04 bits per heavy atom. The Hall–Kier alpha value is -1.93. The van der Waals surface area contributed by atoms with Crippen LogP contribution in [0.25, 0.3) is 0 Å². The largest absolute Gasteiger partial charge is 0.379 e. The number of aromatic nitrogens is 2. The van der Waals surface area contributed by atoms with Crippen LogP contribution in [-0.2, 0) is 20.8 Å². The number of carbonyl (C=O) groups excluding carboxylic acids is 2. The lowest BCUT2D eigenvalue weighted by Gasteiger charge is -2.31. The maximum Gasteiger partial charge on any atom is 0.255 e. The first-order valence-corrected chi connectivity index (χ1v) is 7.83. The molecule has 0 aliphatic carbocycles. The zero-order valence-corrected chi connectivity index (χ0v) is 13.6. The molecule has 8 heteroatoms. The topological polar surface area (TPSA) is 108 Å². The molecular weight excluding hydrogens is 300 g/mol. The van der Waals surface area contributed by atoms with Gasteiger partial charge >= 0.3 is 0 Å². The Bertz CT molecular complexity index is 558. The molecule has 0 aromatic carbocycles. The molecule has 0 bridgehead atoms. The van der Waals surface area contributed by atoms with Gasteiger partial charge in [0.15, 0.2) is 0 Å². The van der Waals surface area contributed by atoms with E-state index in [0.29, 0.717) is 30.9 Å². The highest BCUT2D eigenvalue weighted by molar-refractivity contribution is 5.95. The lowest BCUT2D eigenvalue weighted by atomic mass is 10.1. The van der Waals surface area contributed by atoms with Crippen LogP contribution in [0.4, 0.5) is 0 Å². The number of nitrogens with two attached hydrogens (primary N) is 1. The minimum atomic E-state index is -0.529. The van der Waals surface area contributed by atoms with Crippen molar-refractivity contribution in [1.82, 2.24) is 15.1 Å². The van der Waals surface area contributed by atoms with Gasteiger partial charge in [-0.25, -0.2) is 0 Å². The quantitative estimate of drug-likeness (QED) is 0.733. The molecule has 1 saturated heterocycles. The van der Waals surface area contributed by atoms with Gasteiger partial charge < -0.3 is 20.5 Å².